The highest BCUT2D eigenvalue weighted by Crippen LogP contribution is 2.24. The Hall–Kier alpha value is -1.02. The van der Waals surface area contributed by atoms with Crippen molar-refractivity contribution in [3.8, 4) is 0 Å². The van der Waals surface area contributed by atoms with Crippen LogP contribution in [0.1, 0.15) is 12.1 Å². The topological polar surface area (TPSA) is 64.0 Å². The van der Waals surface area contributed by atoms with Gasteiger partial charge in [-0.1, -0.05) is 29.8 Å². The molecular formula is C14H18ClN3O2S2. The molecule has 2 rings (SSSR count). The van der Waals surface area contributed by atoms with E-state index in [1.165, 1.54) is 9.58 Å². The minimum atomic E-state index is -3.62. The molecule has 1 aromatic carbocycles. The van der Waals surface area contributed by atoms with Gasteiger partial charge in [0.15, 0.2) is 0 Å². The summed E-state index contributed by atoms with van der Waals surface area (Å²) < 4.78 is 28.5. The first-order valence-electron chi connectivity index (χ1n) is 6.78. The summed E-state index contributed by atoms with van der Waals surface area (Å²) in [4.78, 5) is 1.24. The molecule has 22 heavy (non-hydrogen) atoms. The zero-order chi connectivity index (χ0) is 16.2. The zero-order valence-electron chi connectivity index (χ0n) is 12.4. The van der Waals surface area contributed by atoms with Gasteiger partial charge in [0, 0.05) is 18.5 Å². The molecule has 2 aromatic rings. The number of thioether (sulfide) groups is 1. The van der Waals surface area contributed by atoms with Gasteiger partial charge in [-0.25, -0.2) is 13.1 Å². The van der Waals surface area contributed by atoms with Crippen molar-refractivity contribution < 1.29 is 8.42 Å². The number of hydrogen-bond donors (Lipinski definition) is 1. The Bertz CT molecular complexity index is 730. The minimum absolute atomic E-state index is 0.0624. The van der Waals surface area contributed by atoms with Gasteiger partial charge in [0.25, 0.3) is 0 Å². The van der Waals surface area contributed by atoms with Gasteiger partial charge in [-0.2, -0.15) is 5.10 Å². The van der Waals surface area contributed by atoms with Crippen LogP contribution in [0.5, 0.6) is 0 Å². The van der Waals surface area contributed by atoms with E-state index in [9.17, 15) is 8.42 Å². The Morgan fingerprint density at radius 2 is 2.00 bits per heavy atom. The van der Waals surface area contributed by atoms with Crippen LogP contribution in [0.4, 0.5) is 0 Å². The first kappa shape index (κ1) is 17.3. The van der Waals surface area contributed by atoms with E-state index in [1.807, 2.05) is 30.3 Å². The largest absolute Gasteiger partial charge is 0.255 e. The van der Waals surface area contributed by atoms with Crippen LogP contribution < -0.4 is 4.72 Å². The van der Waals surface area contributed by atoms with Crippen LogP contribution in [0.25, 0.3) is 0 Å². The lowest BCUT2D eigenvalue weighted by Crippen LogP contribution is -2.25. The Balaban J connectivity index is 1.86. The van der Waals surface area contributed by atoms with Crippen molar-refractivity contribution in [2.75, 3.05) is 12.3 Å². The zero-order valence-corrected chi connectivity index (χ0v) is 14.8. The average molecular weight is 360 g/mol. The molecule has 0 unspecified atom stereocenters. The molecule has 0 saturated heterocycles. The molecule has 0 saturated carbocycles. The van der Waals surface area contributed by atoms with E-state index in [4.69, 9.17) is 11.6 Å². The van der Waals surface area contributed by atoms with Gasteiger partial charge in [0.05, 0.1) is 5.69 Å². The minimum Gasteiger partial charge on any atom is -0.255 e. The predicted molar refractivity (Wildman–Crippen MR) is 89.9 cm³/mol. The quantitative estimate of drug-likeness (QED) is 0.610. The van der Waals surface area contributed by atoms with Gasteiger partial charge in [-0.05, 0) is 31.2 Å². The summed E-state index contributed by atoms with van der Waals surface area (Å²) in [5, 5.41) is 4.15. The fourth-order valence-electron chi connectivity index (χ4n) is 1.97. The molecule has 0 fully saturated rings. The summed E-state index contributed by atoms with van der Waals surface area (Å²) in [5.74, 6) is 0.840. The number of benzene rings is 1. The molecule has 0 bridgehead atoms. The maximum absolute atomic E-state index is 12.3. The highest BCUT2D eigenvalue weighted by atomic mass is 35.5. The molecule has 0 atom stereocenters. The van der Waals surface area contributed by atoms with Crippen LogP contribution in [-0.4, -0.2) is 30.5 Å². The molecule has 0 spiro atoms. The second-order valence-corrected chi connectivity index (χ2v) is 7.97. The molecule has 120 valence electrons. The van der Waals surface area contributed by atoms with E-state index >= 15 is 0 Å². The van der Waals surface area contributed by atoms with Gasteiger partial charge < -0.3 is 0 Å². The van der Waals surface area contributed by atoms with E-state index in [1.54, 1.807) is 25.7 Å². The summed E-state index contributed by atoms with van der Waals surface area (Å²) in [7, 11) is -2.00. The Morgan fingerprint density at radius 3 is 2.59 bits per heavy atom. The lowest BCUT2D eigenvalue weighted by Gasteiger charge is -2.06. The van der Waals surface area contributed by atoms with Crippen LogP contribution >= 0.6 is 23.4 Å². The van der Waals surface area contributed by atoms with E-state index in [2.05, 4.69) is 9.82 Å². The lowest BCUT2D eigenvalue weighted by atomic mass is 10.4. The van der Waals surface area contributed by atoms with Gasteiger partial charge in [0.1, 0.15) is 10.0 Å². The standard InChI is InChI=1S/C14H18ClN3O2S2/c1-11-13(14(15)18(2)17-11)22(19,20)16-9-6-10-21-12-7-4-3-5-8-12/h3-5,7-8,16H,6,9-10H2,1-2H3. The van der Waals surface area contributed by atoms with Crippen molar-refractivity contribution in [1.82, 2.24) is 14.5 Å². The van der Waals surface area contributed by atoms with E-state index in [0.29, 0.717) is 12.2 Å². The summed E-state index contributed by atoms with van der Waals surface area (Å²) in [5.41, 5.74) is 0.402. The molecule has 0 amide bonds. The van der Waals surface area contributed by atoms with Crippen molar-refractivity contribution >= 4 is 33.4 Å². The molecular weight excluding hydrogens is 342 g/mol. The number of sulfonamides is 1. The smallest absolute Gasteiger partial charge is 0.245 e. The number of aryl methyl sites for hydroxylation is 2. The molecule has 1 aromatic heterocycles. The molecule has 0 radical (unpaired) electrons. The van der Waals surface area contributed by atoms with Crippen molar-refractivity contribution in [2.24, 2.45) is 7.05 Å². The number of hydrogen-bond acceptors (Lipinski definition) is 4. The lowest BCUT2D eigenvalue weighted by molar-refractivity contribution is 0.580. The fraction of sp³-hybridized carbons (Fsp3) is 0.357. The van der Waals surface area contributed by atoms with E-state index in [-0.39, 0.29) is 10.0 Å². The first-order valence-corrected chi connectivity index (χ1v) is 9.63. The number of rotatable bonds is 7. The third-order valence-corrected chi connectivity index (χ3v) is 6.25. The van der Waals surface area contributed by atoms with Crippen molar-refractivity contribution in [3.63, 3.8) is 0 Å². The van der Waals surface area contributed by atoms with Crippen molar-refractivity contribution in [1.29, 1.82) is 0 Å². The average Bonchev–Trinajstić information content (AvgIpc) is 2.73. The molecule has 0 aliphatic rings. The van der Waals surface area contributed by atoms with Crippen LogP contribution in [-0.2, 0) is 17.1 Å². The Labute approximate surface area is 140 Å². The van der Waals surface area contributed by atoms with Crippen molar-refractivity contribution in [3.05, 3.63) is 41.2 Å². The summed E-state index contributed by atoms with van der Waals surface area (Å²) in [6, 6.07) is 10.0. The van der Waals surface area contributed by atoms with Gasteiger partial charge >= 0.3 is 0 Å². The summed E-state index contributed by atoms with van der Waals surface area (Å²) in [6.07, 6.45) is 0.732. The fourth-order valence-corrected chi connectivity index (χ4v) is 4.67. The second kappa shape index (κ2) is 7.50. The number of nitrogens with one attached hydrogen (secondary N) is 1. The molecule has 1 heterocycles. The summed E-state index contributed by atoms with van der Waals surface area (Å²) >= 11 is 7.70. The second-order valence-electron chi connectivity index (χ2n) is 4.74. The SMILES string of the molecule is Cc1nn(C)c(Cl)c1S(=O)(=O)NCCCSc1ccccc1. The molecule has 1 N–H and O–H groups in total. The molecule has 8 heteroatoms. The number of halogens is 1. The van der Waals surface area contributed by atoms with E-state index < -0.39 is 10.0 Å². The molecule has 0 aliphatic heterocycles. The van der Waals surface area contributed by atoms with Crippen LogP contribution in [0, 0.1) is 6.92 Å². The van der Waals surface area contributed by atoms with Crippen molar-refractivity contribution in [2.45, 2.75) is 23.1 Å². The highest BCUT2D eigenvalue weighted by Gasteiger charge is 2.24. The van der Waals surface area contributed by atoms with Gasteiger partial charge in [-0.3, -0.25) is 4.68 Å². The highest BCUT2D eigenvalue weighted by molar-refractivity contribution is 7.99. The van der Waals surface area contributed by atoms with E-state index in [0.717, 1.165) is 12.2 Å². The Morgan fingerprint density at radius 1 is 1.32 bits per heavy atom. The maximum Gasteiger partial charge on any atom is 0.245 e. The molecule has 5 nitrogen and oxygen atoms in total. The van der Waals surface area contributed by atoms with Gasteiger partial charge in [0.2, 0.25) is 10.0 Å². The normalized spacial score (nSPS) is 11.8. The van der Waals surface area contributed by atoms with Crippen LogP contribution in [0.3, 0.4) is 0 Å². The monoisotopic (exact) mass is 359 g/mol. The third kappa shape index (κ3) is 4.25. The van der Waals surface area contributed by atoms with Gasteiger partial charge in [-0.15, -0.1) is 11.8 Å². The maximum atomic E-state index is 12.3. The summed E-state index contributed by atoms with van der Waals surface area (Å²) in [6.45, 7) is 2.00. The number of aromatic nitrogens is 2. The molecule has 0 aliphatic carbocycles. The van der Waals surface area contributed by atoms with Crippen LogP contribution in [0.15, 0.2) is 40.1 Å². The number of nitrogens with zero attached hydrogens (tertiary/aromatic N) is 2. The third-order valence-electron chi connectivity index (χ3n) is 2.99. The first-order chi connectivity index (χ1) is 10.4. The predicted octanol–water partition coefficient (Wildman–Crippen LogP) is 2.84. The Kier molecular flexibility index (Phi) is 5.91. The van der Waals surface area contributed by atoms with Crippen LogP contribution in [0.2, 0.25) is 5.15 Å².